The van der Waals surface area contributed by atoms with Crippen LogP contribution in [0.4, 0.5) is 10.2 Å². The van der Waals surface area contributed by atoms with Gasteiger partial charge in [-0.2, -0.15) is 0 Å². The summed E-state index contributed by atoms with van der Waals surface area (Å²) in [5.74, 6) is 0.221. The summed E-state index contributed by atoms with van der Waals surface area (Å²) in [7, 11) is -0.544. The molecule has 0 aliphatic carbocycles. The van der Waals surface area contributed by atoms with Crippen molar-refractivity contribution in [1.29, 1.82) is 0 Å². The van der Waals surface area contributed by atoms with E-state index in [9.17, 15) is 12.8 Å². The van der Waals surface area contributed by atoms with Crippen LogP contribution in [0.3, 0.4) is 0 Å². The molecule has 8 heteroatoms. The van der Waals surface area contributed by atoms with Gasteiger partial charge in [0.1, 0.15) is 16.5 Å². The van der Waals surface area contributed by atoms with Gasteiger partial charge >= 0.3 is 0 Å². The average molecular weight is 388 g/mol. The Morgan fingerprint density at radius 3 is 2.55 bits per heavy atom. The lowest BCUT2D eigenvalue weighted by atomic mass is 10.2. The van der Waals surface area contributed by atoms with Gasteiger partial charge in [0, 0.05) is 26.8 Å². The smallest absolute Gasteiger partial charge is 0.244 e. The van der Waals surface area contributed by atoms with Crippen LogP contribution in [0.25, 0.3) is 0 Å². The molecule has 1 heterocycles. The van der Waals surface area contributed by atoms with Crippen LogP contribution in [0.15, 0.2) is 45.9 Å². The van der Waals surface area contributed by atoms with E-state index < -0.39 is 10.0 Å². The van der Waals surface area contributed by atoms with Gasteiger partial charge in [0.2, 0.25) is 10.0 Å². The molecule has 118 valence electrons. The number of nitrogens with zero attached hydrogens (tertiary/aromatic N) is 2. The van der Waals surface area contributed by atoms with Crippen molar-refractivity contribution < 1.29 is 12.8 Å². The molecule has 0 atom stereocenters. The number of hydrogen-bond acceptors (Lipinski definition) is 4. The zero-order valence-corrected chi connectivity index (χ0v) is 14.4. The topological polar surface area (TPSA) is 62.3 Å². The number of halogens is 2. The number of pyridine rings is 1. The second-order valence-corrected chi connectivity index (χ2v) is 7.77. The number of rotatable bonds is 5. The van der Waals surface area contributed by atoms with Crippen LogP contribution in [0, 0.1) is 5.82 Å². The predicted molar refractivity (Wildman–Crippen MR) is 86.5 cm³/mol. The molecule has 1 N–H and O–H groups in total. The first-order valence-corrected chi connectivity index (χ1v) is 8.60. The summed E-state index contributed by atoms with van der Waals surface area (Å²) in [5, 5.41) is 3.05. The van der Waals surface area contributed by atoms with Crippen molar-refractivity contribution >= 4 is 31.8 Å². The molecule has 0 saturated carbocycles. The Hall–Kier alpha value is -1.51. The van der Waals surface area contributed by atoms with Crippen LogP contribution in [-0.4, -0.2) is 31.8 Å². The van der Waals surface area contributed by atoms with Crippen LogP contribution >= 0.6 is 15.9 Å². The van der Waals surface area contributed by atoms with Gasteiger partial charge in [0.05, 0.1) is 4.47 Å². The number of nitrogens with one attached hydrogen (secondary N) is 1. The maximum absolute atomic E-state index is 13.1. The van der Waals surface area contributed by atoms with E-state index in [-0.39, 0.29) is 10.7 Å². The van der Waals surface area contributed by atoms with Crippen LogP contribution in [0.2, 0.25) is 0 Å². The number of hydrogen-bond donors (Lipinski definition) is 1. The molecule has 0 spiro atoms. The Kier molecular flexibility index (Phi) is 5.15. The van der Waals surface area contributed by atoms with Crippen molar-refractivity contribution in [3.63, 3.8) is 0 Å². The molecule has 2 aromatic rings. The number of anilines is 1. The molecule has 22 heavy (non-hydrogen) atoms. The molecule has 1 aromatic heterocycles. The molecule has 0 fully saturated rings. The minimum atomic E-state index is -3.48. The molecular formula is C14H15BrFN3O2S. The van der Waals surface area contributed by atoms with Crippen LogP contribution in [-0.2, 0) is 16.6 Å². The number of sulfonamides is 1. The van der Waals surface area contributed by atoms with Crippen molar-refractivity contribution in [3.8, 4) is 0 Å². The van der Waals surface area contributed by atoms with E-state index in [0.29, 0.717) is 16.8 Å². The fourth-order valence-corrected chi connectivity index (χ4v) is 2.96. The highest BCUT2D eigenvalue weighted by Crippen LogP contribution is 2.18. The molecule has 0 aliphatic heterocycles. The molecule has 0 amide bonds. The van der Waals surface area contributed by atoms with Gasteiger partial charge in [-0.1, -0.05) is 6.07 Å². The normalized spacial score (nSPS) is 11.7. The third-order valence-electron chi connectivity index (χ3n) is 2.97. The highest BCUT2D eigenvalue weighted by atomic mass is 79.9. The largest absolute Gasteiger partial charge is 0.366 e. The molecule has 0 radical (unpaired) electrons. The summed E-state index contributed by atoms with van der Waals surface area (Å²) in [4.78, 5) is 4.21. The quantitative estimate of drug-likeness (QED) is 0.856. The highest BCUT2D eigenvalue weighted by Gasteiger charge is 2.17. The van der Waals surface area contributed by atoms with Crippen LogP contribution < -0.4 is 5.32 Å². The van der Waals surface area contributed by atoms with Gasteiger partial charge in [-0.25, -0.2) is 22.1 Å². The third kappa shape index (κ3) is 3.82. The third-order valence-corrected chi connectivity index (χ3v) is 5.38. The van der Waals surface area contributed by atoms with Crippen LogP contribution in [0.1, 0.15) is 5.56 Å². The Balaban J connectivity index is 2.07. The predicted octanol–water partition coefficient (Wildman–Crippen LogP) is 2.85. The maximum atomic E-state index is 13.1. The second-order valence-electron chi connectivity index (χ2n) is 4.77. The van der Waals surface area contributed by atoms with Gasteiger partial charge in [0.15, 0.2) is 0 Å². The fraction of sp³-hybridized carbons (Fsp3) is 0.214. The van der Waals surface area contributed by atoms with E-state index in [1.165, 1.54) is 32.4 Å². The summed E-state index contributed by atoms with van der Waals surface area (Å²) in [6.07, 6.45) is 1.30. The van der Waals surface area contributed by atoms with E-state index in [1.54, 1.807) is 18.2 Å². The Morgan fingerprint density at radius 1 is 1.27 bits per heavy atom. The van der Waals surface area contributed by atoms with E-state index in [2.05, 4.69) is 26.2 Å². The van der Waals surface area contributed by atoms with E-state index in [0.717, 1.165) is 9.87 Å². The minimum Gasteiger partial charge on any atom is -0.366 e. The molecule has 1 aromatic carbocycles. The molecule has 0 bridgehead atoms. The minimum absolute atomic E-state index is 0.132. The van der Waals surface area contributed by atoms with Gasteiger partial charge in [0.25, 0.3) is 0 Å². The summed E-state index contributed by atoms with van der Waals surface area (Å²) < 4.78 is 38.5. The van der Waals surface area contributed by atoms with Crippen molar-refractivity contribution in [1.82, 2.24) is 9.29 Å². The van der Waals surface area contributed by atoms with Crippen molar-refractivity contribution in [2.75, 3.05) is 19.4 Å². The van der Waals surface area contributed by atoms with E-state index >= 15 is 0 Å². The first-order valence-electron chi connectivity index (χ1n) is 6.37. The molecule has 0 aliphatic rings. The first kappa shape index (κ1) is 16.9. The molecule has 0 saturated heterocycles. The van der Waals surface area contributed by atoms with Gasteiger partial charge < -0.3 is 5.32 Å². The molecular weight excluding hydrogens is 373 g/mol. The van der Waals surface area contributed by atoms with E-state index in [4.69, 9.17) is 0 Å². The number of benzene rings is 1. The van der Waals surface area contributed by atoms with Gasteiger partial charge in [-0.15, -0.1) is 0 Å². The standard InChI is InChI=1S/C14H15BrFN3O2S/c1-19(2)22(20,21)11-4-6-14(18-9-11)17-8-10-3-5-13(16)12(15)7-10/h3-7,9H,8H2,1-2H3,(H,17,18). The zero-order chi connectivity index (χ0) is 16.3. The van der Waals surface area contributed by atoms with Crippen molar-refractivity contribution in [3.05, 3.63) is 52.4 Å². The summed E-state index contributed by atoms with van der Waals surface area (Å²) in [5.41, 5.74) is 0.875. The fourth-order valence-electron chi connectivity index (χ4n) is 1.69. The lowest BCUT2D eigenvalue weighted by molar-refractivity contribution is 0.520. The average Bonchev–Trinajstić information content (AvgIpc) is 2.49. The van der Waals surface area contributed by atoms with E-state index in [1.807, 2.05) is 0 Å². The lowest BCUT2D eigenvalue weighted by Crippen LogP contribution is -2.22. The zero-order valence-electron chi connectivity index (χ0n) is 12.0. The Bertz CT molecular complexity index is 764. The molecule has 0 unspecified atom stereocenters. The number of aromatic nitrogens is 1. The van der Waals surface area contributed by atoms with Gasteiger partial charge in [-0.3, -0.25) is 0 Å². The SMILES string of the molecule is CN(C)S(=O)(=O)c1ccc(NCc2ccc(F)c(Br)c2)nc1. The molecule has 5 nitrogen and oxygen atoms in total. The molecule has 2 rings (SSSR count). The maximum Gasteiger partial charge on any atom is 0.244 e. The summed E-state index contributed by atoms with van der Waals surface area (Å²) in [6.45, 7) is 0.450. The second kappa shape index (κ2) is 6.72. The Labute approximate surface area is 137 Å². The summed E-state index contributed by atoms with van der Waals surface area (Å²) >= 11 is 3.13. The Morgan fingerprint density at radius 2 is 2.00 bits per heavy atom. The van der Waals surface area contributed by atoms with Crippen molar-refractivity contribution in [2.45, 2.75) is 11.4 Å². The monoisotopic (exact) mass is 387 g/mol. The highest BCUT2D eigenvalue weighted by molar-refractivity contribution is 9.10. The summed E-state index contributed by atoms with van der Waals surface area (Å²) in [6, 6.07) is 7.80. The van der Waals surface area contributed by atoms with Crippen molar-refractivity contribution in [2.24, 2.45) is 0 Å². The lowest BCUT2D eigenvalue weighted by Gasteiger charge is -2.11. The first-order chi connectivity index (χ1) is 10.3. The van der Waals surface area contributed by atoms with Crippen LogP contribution in [0.5, 0.6) is 0 Å². The van der Waals surface area contributed by atoms with Gasteiger partial charge in [-0.05, 0) is 45.8 Å².